The maximum absolute atomic E-state index is 11.9. The number of rotatable bonds is 8. The molecule has 0 saturated carbocycles. The Hall–Kier alpha value is -1.84. The fourth-order valence-electron chi connectivity index (χ4n) is 2.15. The summed E-state index contributed by atoms with van der Waals surface area (Å²) >= 11 is 0. The lowest BCUT2D eigenvalue weighted by Crippen LogP contribution is -2.29. The third-order valence-corrected chi connectivity index (χ3v) is 3.75. The first-order chi connectivity index (χ1) is 9.80. The molecule has 0 radical (unpaired) electrons. The van der Waals surface area contributed by atoms with Crippen LogP contribution in [0.2, 0.25) is 0 Å². The topological polar surface area (TPSA) is 66.4 Å². The van der Waals surface area contributed by atoms with Crippen LogP contribution in [0.4, 0.5) is 0 Å². The minimum atomic E-state index is -0.772. The van der Waals surface area contributed by atoms with Crippen LogP contribution in [0.25, 0.3) is 0 Å². The summed E-state index contributed by atoms with van der Waals surface area (Å²) < 4.78 is 0. The largest absolute Gasteiger partial charge is 0.481 e. The SMILES string of the molecule is Cc1ccccc1CC(=O)NCCC(C)(C)CCC(=O)O. The van der Waals surface area contributed by atoms with Crippen LogP contribution in [0.1, 0.15) is 44.2 Å². The van der Waals surface area contributed by atoms with Gasteiger partial charge in [0.1, 0.15) is 0 Å². The van der Waals surface area contributed by atoms with E-state index in [1.165, 1.54) is 0 Å². The molecule has 0 bridgehead atoms. The average Bonchev–Trinajstić information content (AvgIpc) is 2.39. The zero-order valence-electron chi connectivity index (χ0n) is 13.1. The molecule has 0 spiro atoms. The van der Waals surface area contributed by atoms with Crippen molar-refractivity contribution in [2.24, 2.45) is 5.41 Å². The highest BCUT2D eigenvalue weighted by molar-refractivity contribution is 5.78. The Morgan fingerprint density at radius 2 is 1.86 bits per heavy atom. The van der Waals surface area contributed by atoms with E-state index in [2.05, 4.69) is 5.32 Å². The molecule has 0 aliphatic heterocycles. The van der Waals surface area contributed by atoms with Crippen LogP contribution in [0.5, 0.6) is 0 Å². The van der Waals surface area contributed by atoms with Gasteiger partial charge >= 0.3 is 5.97 Å². The molecule has 0 aliphatic rings. The highest BCUT2D eigenvalue weighted by atomic mass is 16.4. The van der Waals surface area contributed by atoms with Gasteiger partial charge in [-0.1, -0.05) is 38.1 Å². The van der Waals surface area contributed by atoms with Gasteiger partial charge in [0.05, 0.1) is 6.42 Å². The normalized spacial score (nSPS) is 11.2. The molecule has 1 aromatic rings. The lowest BCUT2D eigenvalue weighted by atomic mass is 9.84. The molecular weight excluding hydrogens is 266 g/mol. The lowest BCUT2D eigenvalue weighted by Gasteiger charge is -2.23. The molecule has 116 valence electrons. The minimum absolute atomic E-state index is 0.0123. The molecule has 0 fully saturated rings. The van der Waals surface area contributed by atoms with E-state index in [0.29, 0.717) is 19.4 Å². The number of amides is 1. The Bertz CT molecular complexity index is 495. The molecule has 2 N–H and O–H groups in total. The van der Waals surface area contributed by atoms with Crippen molar-refractivity contribution in [2.75, 3.05) is 6.54 Å². The Balaban J connectivity index is 2.33. The number of carboxylic acids is 1. The van der Waals surface area contributed by atoms with Crippen LogP contribution in [-0.2, 0) is 16.0 Å². The van der Waals surface area contributed by atoms with Gasteiger partial charge in [-0.05, 0) is 36.3 Å². The van der Waals surface area contributed by atoms with Crippen molar-refractivity contribution in [3.63, 3.8) is 0 Å². The van der Waals surface area contributed by atoms with Gasteiger partial charge in [0.15, 0.2) is 0 Å². The fourth-order valence-corrected chi connectivity index (χ4v) is 2.15. The fraction of sp³-hybridized carbons (Fsp3) is 0.529. The number of carboxylic acid groups (broad SMARTS) is 1. The predicted molar refractivity (Wildman–Crippen MR) is 83.2 cm³/mol. The first kappa shape index (κ1) is 17.2. The van der Waals surface area contributed by atoms with Crippen molar-refractivity contribution in [1.82, 2.24) is 5.32 Å². The van der Waals surface area contributed by atoms with E-state index in [0.717, 1.165) is 17.5 Å². The van der Waals surface area contributed by atoms with Crippen molar-refractivity contribution in [3.8, 4) is 0 Å². The zero-order chi connectivity index (χ0) is 15.9. The molecule has 0 unspecified atom stereocenters. The van der Waals surface area contributed by atoms with Gasteiger partial charge in [-0.3, -0.25) is 9.59 Å². The van der Waals surface area contributed by atoms with Crippen LogP contribution in [-0.4, -0.2) is 23.5 Å². The molecule has 4 heteroatoms. The second-order valence-electron chi connectivity index (χ2n) is 6.26. The molecule has 1 aromatic carbocycles. The molecule has 1 rings (SSSR count). The second-order valence-corrected chi connectivity index (χ2v) is 6.26. The number of carbonyl (C=O) groups excluding carboxylic acids is 1. The maximum Gasteiger partial charge on any atom is 0.303 e. The molecule has 0 saturated heterocycles. The van der Waals surface area contributed by atoms with Crippen molar-refractivity contribution in [2.45, 2.75) is 46.5 Å². The summed E-state index contributed by atoms with van der Waals surface area (Å²) in [6, 6.07) is 7.86. The van der Waals surface area contributed by atoms with Crippen LogP contribution >= 0.6 is 0 Å². The van der Waals surface area contributed by atoms with Gasteiger partial charge in [-0.25, -0.2) is 0 Å². The first-order valence-corrected chi connectivity index (χ1v) is 7.33. The predicted octanol–water partition coefficient (Wildman–Crippen LogP) is 2.93. The van der Waals surface area contributed by atoms with Crippen molar-refractivity contribution < 1.29 is 14.7 Å². The summed E-state index contributed by atoms with van der Waals surface area (Å²) in [5.74, 6) is -0.759. The van der Waals surface area contributed by atoms with Crippen molar-refractivity contribution in [3.05, 3.63) is 35.4 Å². The molecule has 0 aromatic heterocycles. The van der Waals surface area contributed by atoms with Gasteiger partial charge in [0.25, 0.3) is 0 Å². The van der Waals surface area contributed by atoms with Gasteiger partial charge in [0.2, 0.25) is 5.91 Å². The molecule has 0 aliphatic carbocycles. The smallest absolute Gasteiger partial charge is 0.303 e. The summed E-state index contributed by atoms with van der Waals surface area (Å²) in [5, 5.41) is 11.6. The summed E-state index contributed by atoms with van der Waals surface area (Å²) in [5.41, 5.74) is 2.09. The third-order valence-electron chi connectivity index (χ3n) is 3.75. The van der Waals surface area contributed by atoms with E-state index in [4.69, 9.17) is 5.11 Å². The van der Waals surface area contributed by atoms with E-state index in [1.807, 2.05) is 45.0 Å². The second kappa shape index (κ2) is 7.81. The minimum Gasteiger partial charge on any atom is -0.481 e. The standard InChI is InChI=1S/C17H25NO3/c1-13-6-4-5-7-14(13)12-15(19)18-11-10-17(2,3)9-8-16(20)21/h4-7H,8-12H2,1-3H3,(H,18,19)(H,20,21). The van der Waals surface area contributed by atoms with Gasteiger partial charge < -0.3 is 10.4 Å². The van der Waals surface area contributed by atoms with Crippen LogP contribution < -0.4 is 5.32 Å². The summed E-state index contributed by atoms with van der Waals surface area (Å²) in [6.07, 6.45) is 1.96. The number of benzene rings is 1. The third kappa shape index (κ3) is 6.93. The van der Waals surface area contributed by atoms with Gasteiger partial charge in [-0.2, -0.15) is 0 Å². The summed E-state index contributed by atoms with van der Waals surface area (Å²) in [7, 11) is 0. The van der Waals surface area contributed by atoms with E-state index in [9.17, 15) is 9.59 Å². The van der Waals surface area contributed by atoms with E-state index in [-0.39, 0.29) is 17.7 Å². The summed E-state index contributed by atoms with van der Waals surface area (Å²) in [6.45, 7) is 6.64. The van der Waals surface area contributed by atoms with Gasteiger partial charge in [0, 0.05) is 13.0 Å². The van der Waals surface area contributed by atoms with E-state index < -0.39 is 5.97 Å². The Kier molecular flexibility index (Phi) is 6.40. The van der Waals surface area contributed by atoms with Crippen LogP contribution in [0.3, 0.4) is 0 Å². The lowest BCUT2D eigenvalue weighted by molar-refractivity contribution is -0.137. The molecular formula is C17H25NO3. The highest BCUT2D eigenvalue weighted by Gasteiger charge is 2.19. The number of carbonyl (C=O) groups is 2. The number of aliphatic carboxylic acids is 1. The van der Waals surface area contributed by atoms with Crippen molar-refractivity contribution >= 4 is 11.9 Å². The zero-order valence-corrected chi connectivity index (χ0v) is 13.1. The highest BCUT2D eigenvalue weighted by Crippen LogP contribution is 2.25. The average molecular weight is 291 g/mol. The van der Waals surface area contributed by atoms with Crippen molar-refractivity contribution in [1.29, 1.82) is 0 Å². The summed E-state index contributed by atoms with van der Waals surface area (Å²) in [4.78, 5) is 22.5. The molecule has 4 nitrogen and oxygen atoms in total. The number of aryl methyl sites for hydroxylation is 1. The Labute approximate surface area is 126 Å². The van der Waals surface area contributed by atoms with Crippen LogP contribution in [0.15, 0.2) is 24.3 Å². The Morgan fingerprint density at radius 3 is 2.48 bits per heavy atom. The maximum atomic E-state index is 11.9. The van der Waals surface area contributed by atoms with E-state index >= 15 is 0 Å². The molecule has 0 atom stereocenters. The quantitative estimate of drug-likeness (QED) is 0.774. The number of nitrogens with one attached hydrogen (secondary N) is 1. The number of hydrogen-bond acceptors (Lipinski definition) is 2. The number of hydrogen-bond donors (Lipinski definition) is 2. The van der Waals surface area contributed by atoms with Crippen LogP contribution in [0, 0.1) is 12.3 Å². The Morgan fingerprint density at radius 1 is 1.19 bits per heavy atom. The molecule has 1 amide bonds. The first-order valence-electron chi connectivity index (χ1n) is 7.33. The monoisotopic (exact) mass is 291 g/mol. The van der Waals surface area contributed by atoms with E-state index in [1.54, 1.807) is 0 Å². The molecule has 0 heterocycles. The molecule has 21 heavy (non-hydrogen) atoms. The van der Waals surface area contributed by atoms with Gasteiger partial charge in [-0.15, -0.1) is 0 Å².